The Hall–Kier alpha value is -0.940. The Morgan fingerprint density at radius 2 is 2.24 bits per heavy atom. The van der Waals surface area contributed by atoms with Crippen LogP contribution in [0, 0.1) is 5.82 Å². The van der Waals surface area contributed by atoms with E-state index >= 15 is 0 Å². The molecule has 17 heavy (non-hydrogen) atoms. The predicted octanol–water partition coefficient (Wildman–Crippen LogP) is 2.88. The van der Waals surface area contributed by atoms with Crippen LogP contribution in [-0.2, 0) is 11.3 Å². The van der Waals surface area contributed by atoms with Gasteiger partial charge in [0.05, 0.1) is 6.42 Å². The van der Waals surface area contributed by atoms with E-state index in [9.17, 15) is 9.18 Å². The first-order chi connectivity index (χ1) is 8.02. The van der Waals surface area contributed by atoms with E-state index in [0.717, 1.165) is 4.47 Å². The third kappa shape index (κ3) is 4.83. The fourth-order valence-corrected chi connectivity index (χ4v) is 1.92. The van der Waals surface area contributed by atoms with Crippen molar-refractivity contribution in [1.82, 2.24) is 4.90 Å². The van der Waals surface area contributed by atoms with Crippen molar-refractivity contribution >= 4 is 21.9 Å². The summed E-state index contributed by atoms with van der Waals surface area (Å²) in [6, 6.07) is 4.77. The van der Waals surface area contributed by atoms with Crippen LogP contribution in [0.2, 0.25) is 0 Å². The highest BCUT2D eigenvalue weighted by atomic mass is 79.9. The summed E-state index contributed by atoms with van der Waals surface area (Å²) >= 11 is 3.29. The molecule has 0 aliphatic carbocycles. The zero-order valence-electron chi connectivity index (χ0n) is 9.62. The maximum Gasteiger partial charge on any atom is 0.304 e. The number of aliphatic carboxylic acids is 1. The van der Waals surface area contributed by atoms with Gasteiger partial charge in [-0.2, -0.15) is 0 Å². The van der Waals surface area contributed by atoms with Gasteiger partial charge in [0.15, 0.2) is 0 Å². The monoisotopic (exact) mass is 303 g/mol. The summed E-state index contributed by atoms with van der Waals surface area (Å²) in [6.07, 6.45) is 0.0729. The maximum absolute atomic E-state index is 13.5. The lowest BCUT2D eigenvalue weighted by atomic mass is 10.2. The Kier molecular flexibility index (Phi) is 5.58. The van der Waals surface area contributed by atoms with Gasteiger partial charge in [-0.25, -0.2) is 4.39 Å². The minimum absolute atomic E-state index is 0.0729. The first kappa shape index (κ1) is 14.1. The second kappa shape index (κ2) is 6.71. The van der Waals surface area contributed by atoms with Crippen LogP contribution < -0.4 is 0 Å². The number of carboxylic acids is 1. The maximum atomic E-state index is 13.5. The lowest BCUT2D eigenvalue weighted by Gasteiger charge is -2.19. The smallest absolute Gasteiger partial charge is 0.304 e. The molecule has 0 saturated carbocycles. The lowest BCUT2D eigenvalue weighted by molar-refractivity contribution is -0.137. The Bertz CT molecular complexity index is 398. The number of hydrogen-bond acceptors (Lipinski definition) is 2. The molecule has 0 radical (unpaired) electrons. The van der Waals surface area contributed by atoms with Gasteiger partial charge in [0.25, 0.3) is 0 Å². The molecule has 0 aliphatic heterocycles. The molecule has 1 aromatic carbocycles. The number of nitrogens with zero attached hydrogens (tertiary/aromatic N) is 1. The summed E-state index contributed by atoms with van der Waals surface area (Å²) in [5.74, 6) is -1.10. The molecule has 0 heterocycles. The lowest BCUT2D eigenvalue weighted by Crippen LogP contribution is -2.26. The molecule has 0 fully saturated rings. The van der Waals surface area contributed by atoms with Crippen molar-refractivity contribution in [3.05, 3.63) is 34.1 Å². The topological polar surface area (TPSA) is 40.5 Å². The molecule has 0 saturated heterocycles. The van der Waals surface area contributed by atoms with Crippen molar-refractivity contribution in [1.29, 1.82) is 0 Å². The summed E-state index contributed by atoms with van der Waals surface area (Å²) in [5.41, 5.74) is 0.576. The van der Waals surface area contributed by atoms with Gasteiger partial charge in [-0.1, -0.05) is 22.9 Å². The van der Waals surface area contributed by atoms with E-state index in [1.165, 1.54) is 6.07 Å². The largest absolute Gasteiger partial charge is 0.481 e. The SMILES string of the molecule is CCN(CCC(=O)O)Cc1cc(Br)ccc1F. The van der Waals surface area contributed by atoms with E-state index < -0.39 is 5.97 Å². The highest BCUT2D eigenvalue weighted by Crippen LogP contribution is 2.17. The first-order valence-electron chi connectivity index (χ1n) is 5.41. The quantitative estimate of drug-likeness (QED) is 0.878. The summed E-state index contributed by atoms with van der Waals surface area (Å²) in [5, 5.41) is 8.61. The van der Waals surface area contributed by atoms with Gasteiger partial charge in [-0.3, -0.25) is 9.69 Å². The molecule has 0 aliphatic rings. The minimum atomic E-state index is -0.835. The average molecular weight is 304 g/mol. The standard InChI is InChI=1S/C12H15BrFNO2/c1-2-15(6-5-12(16)17)8-9-7-10(13)3-4-11(9)14/h3-4,7H,2,5-6,8H2,1H3,(H,16,17). The van der Waals surface area contributed by atoms with Crippen LogP contribution in [0.5, 0.6) is 0 Å². The average Bonchev–Trinajstić information content (AvgIpc) is 2.28. The normalized spacial score (nSPS) is 10.8. The fourth-order valence-electron chi connectivity index (χ4n) is 1.51. The van der Waals surface area contributed by atoms with E-state index in [1.807, 2.05) is 11.8 Å². The highest BCUT2D eigenvalue weighted by Gasteiger charge is 2.09. The number of benzene rings is 1. The Morgan fingerprint density at radius 3 is 2.82 bits per heavy atom. The molecular formula is C12H15BrFNO2. The van der Waals surface area contributed by atoms with Crippen LogP contribution in [0.25, 0.3) is 0 Å². The van der Waals surface area contributed by atoms with Gasteiger partial charge in [-0.15, -0.1) is 0 Å². The van der Waals surface area contributed by atoms with Crippen LogP contribution in [0.3, 0.4) is 0 Å². The van der Waals surface area contributed by atoms with E-state index in [4.69, 9.17) is 5.11 Å². The molecule has 0 spiro atoms. The molecule has 0 bridgehead atoms. The van der Waals surface area contributed by atoms with Crippen LogP contribution in [0.4, 0.5) is 4.39 Å². The van der Waals surface area contributed by atoms with E-state index in [-0.39, 0.29) is 12.2 Å². The number of carboxylic acid groups (broad SMARTS) is 1. The van der Waals surface area contributed by atoms with Crippen LogP contribution in [0.1, 0.15) is 18.9 Å². The molecule has 1 N–H and O–H groups in total. The van der Waals surface area contributed by atoms with Crippen molar-refractivity contribution in [2.75, 3.05) is 13.1 Å². The summed E-state index contributed by atoms with van der Waals surface area (Å²) < 4.78 is 14.3. The highest BCUT2D eigenvalue weighted by molar-refractivity contribution is 9.10. The Labute approximate surface area is 108 Å². The fraction of sp³-hybridized carbons (Fsp3) is 0.417. The summed E-state index contributed by atoms with van der Waals surface area (Å²) in [4.78, 5) is 12.4. The minimum Gasteiger partial charge on any atom is -0.481 e. The Balaban J connectivity index is 2.66. The molecular weight excluding hydrogens is 289 g/mol. The molecule has 0 atom stereocenters. The van der Waals surface area contributed by atoms with Crippen LogP contribution in [0.15, 0.2) is 22.7 Å². The van der Waals surface area contributed by atoms with E-state index in [1.54, 1.807) is 12.1 Å². The van der Waals surface area contributed by atoms with Crippen molar-refractivity contribution in [3.63, 3.8) is 0 Å². The number of rotatable bonds is 6. The molecule has 0 aromatic heterocycles. The second-order valence-corrected chi connectivity index (χ2v) is 4.66. The van der Waals surface area contributed by atoms with E-state index in [0.29, 0.717) is 25.2 Å². The third-order valence-corrected chi connectivity index (χ3v) is 2.98. The zero-order valence-corrected chi connectivity index (χ0v) is 11.2. The van der Waals surface area contributed by atoms with Crippen molar-refractivity contribution in [2.24, 2.45) is 0 Å². The van der Waals surface area contributed by atoms with Gasteiger partial charge in [-0.05, 0) is 24.7 Å². The first-order valence-corrected chi connectivity index (χ1v) is 6.20. The van der Waals surface area contributed by atoms with Crippen molar-refractivity contribution in [3.8, 4) is 0 Å². The molecule has 1 rings (SSSR count). The molecule has 1 aromatic rings. The number of halogens is 2. The van der Waals surface area contributed by atoms with Gasteiger partial charge in [0.1, 0.15) is 5.82 Å². The molecule has 0 amide bonds. The summed E-state index contributed by atoms with van der Waals surface area (Å²) in [6.45, 7) is 3.48. The van der Waals surface area contributed by atoms with Crippen LogP contribution in [-0.4, -0.2) is 29.1 Å². The predicted molar refractivity (Wildman–Crippen MR) is 67.3 cm³/mol. The van der Waals surface area contributed by atoms with Crippen molar-refractivity contribution < 1.29 is 14.3 Å². The third-order valence-electron chi connectivity index (χ3n) is 2.49. The second-order valence-electron chi connectivity index (χ2n) is 3.75. The van der Waals surface area contributed by atoms with Gasteiger partial charge in [0.2, 0.25) is 0 Å². The summed E-state index contributed by atoms with van der Waals surface area (Å²) in [7, 11) is 0. The molecule has 3 nitrogen and oxygen atoms in total. The van der Waals surface area contributed by atoms with Gasteiger partial charge in [0, 0.05) is 23.1 Å². The molecule has 5 heteroatoms. The Morgan fingerprint density at radius 1 is 1.53 bits per heavy atom. The molecule has 94 valence electrons. The number of carbonyl (C=O) groups is 1. The van der Waals surface area contributed by atoms with Crippen molar-refractivity contribution in [2.45, 2.75) is 19.9 Å². The molecule has 0 unspecified atom stereocenters. The number of hydrogen-bond donors (Lipinski definition) is 1. The zero-order chi connectivity index (χ0) is 12.8. The van der Waals surface area contributed by atoms with Crippen LogP contribution >= 0.6 is 15.9 Å². The van der Waals surface area contributed by atoms with Gasteiger partial charge >= 0.3 is 5.97 Å². The van der Waals surface area contributed by atoms with E-state index in [2.05, 4.69) is 15.9 Å². The van der Waals surface area contributed by atoms with Gasteiger partial charge < -0.3 is 5.11 Å².